The molecule has 0 heterocycles. The van der Waals surface area contributed by atoms with Crippen molar-refractivity contribution in [1.82, 2.24) is 0 Å². The minimum Gasteiger partial charge on any atom is -0.168 e. The molecule has 0 amide bonds. The molecule has 0 unspecified atom stereocenters. The van der Waals surface area contributed by atoms with E-state index in [-0.39, 0.29) is 0 Å². The third-order valence-corrected chi connectivity index (χ3v) is 1.68. The van der Waals surface area contributed by atoms with Gasteiger partial charge in [0.05, 0.1) is 0 Å². The van der Waals surface area contributed by atoms with Gasteiger partial charge in [-0.15, -0.1) is 29.7 Å². The maximum atomic E-state index is 4.93. The molecule has 0 saturated heterocycles. The van der Waals surface area contributed by atoms with Crippen LogP contribution in [0.3, 0.4) is 0 Å². The van der Waals surface area contributed by atoms with E-state index in [1.807, 2.05) is 0 Å². The minimum absolute atomic E-state index is 0.826. The summed E-state index contributed by atoms with van der Waals surface area (Å²) in [5.74, 6) is 0. The van der Waals surface area contributed by atoms with Gasteiger partial charge in [0.15, 0.2) is 0 Å². The van der Waals surface area contributed by atoms with E-state index >= 15 is 0 Å². The van der Waals surface area contributed by atoms with Crippen LogP contribution in [0.4, 0.5) is 0 Å². The van der Waals surface area contributed by atoms with Crippen molar-refractivity contribution in [3.05, 3.63) is 67.8 Å². The fourth-order valence-electron chi connectivity index (χ4n) is 1.07. The van der Waals surface area contributed by atoms with Gasteiger partial charge in [0.25, 0.3) is 0 Å². The van der Waals surface area contributed by atoms with E-state index in [1.54, 1.807) is 0 Å². The Morgan fingerprint density at radius 1 is 1.25 bits per heavy atom. The zero-order valence-corrected chi connectivity index (χ0v) is 12.7. The molecular formula is C13H12Cl2Zr. The van der Waals surface area contributed by atoms with Crippen LogP contribution in [-0.4, -0.2) is 0 Å². The molecule has 82 valence electrons. The maximum Gasteiger partial charge on any atom is -0.0809 e. The molecule has 0 spiro atoms. The first-order chi connectivity index (χ1) is 7.79. The number of halogens is 2. The summed E-state index contributed by atoms with van der Waals surface area (Å²) < 4.78 is 0. The van der Waals surface area contributed by atoms with Crippen molar-refractivity contribution in [2.75, 3.05) is 0 Å². The smallest absolute Gasteiger partial charge is 0.0809 e. The molecule has 0 aromatic heterocycles. The zero-order chi connectivity index (χ0) is 12.2. The van der Waals surface area contributed by atoms with Crippen molar-refractivity contribution in [2.24, 2.45) is 0 Å². The number of benzene rings is 1. The molecule has 0 aliphatic carbocycles. The second kappa shape index (κ2) is 11.3. The Kier molecular flexibility index (Phi) is 11.1. The van der Waals surface area contributed by atoms with Gasteiger partial charge in [-0.05, 0) is 0 Å². The predicted molar refractivity (Wildman–Crippen MR) is 70.3 cm³/mol. The summed E-state index contributed by atoms with van der Waals surface area (Å²) in [5.41, 5.74) is 0. The van der Waals surface area contributed by atoms with Crippen LogP contribution in [0.5, 0.6) is 0 Å². The Bertz CT molecular complexity index is 371. The van der Waals surface area contributed by atoms with Gasteiger partial charge in [0.2, 0.25) is 0 Å². The summed E-state index contributed by atoms with van der Waals surface area (Å²) in [4.78, 5) is 0. The van der Waals surface area contributed by atoms with Gasteiger partial charge in [-0.2, -0.15) is 24.1 Å². The van der Waals surface area contributed by atoms with Gasteiger partial charge in [-0.25, -0.2) is 12.2 Å². The Morgan fingerprint density at radius 3 is 2.31 bits per heavy atom. The Labute approximate surface area is 116 Å². The van der Waals surface area contributed by atoms with E-state index < -0.39 is 20.8 Å². The zero-order valence-electron chi connectivity index (χ0n) is 8.74. The van der Waals surface area contributed by atoms with E-state index in [9.17, 15) is 0 Å². The third-order valence-electron chi connectivity index (χ3n) is 1.68. The van der Waals surface area contributed by atoms with Crippen LogP contribution >= 0.6 is 17.0 Å². The van der Waals surface area contributed by atoms with Gasteiger partial charge in [-0.1, -0.05) is 6.07 Å². The van der Waals surface area contributed by atoms with Gasteiger partial charge >= 0.3 is 37.9 Å². The van der Waals surface area contributed by atoms with E-state index in [0.717, 1.165) is 0 Å². The molecule has 2 aromatic rings. The summed E-state index contributed by atoms with van der Waals surface area (Å²) in [7, 11) is 9.87. The van der Waals surface area contributed by atoms with Gasteiger partial charge < -0.3 is 0 Å². The van der Waals surface area contributed by atoms with Gasteiger partial charge in [0.1, 0.15) is 0 Å². The Balaban J connectivity index is 0.000000275. The standard InChI is InChI=1S/C9H7.C4H5.2ClH.Zr/c1-2-5-9-7-3-6-8(9)4-1;1-3-4-2;;;/h1-7H;1,3-4H,2H2;2*1H;/q2*-1;;;+4/p-2. The van der Waals surface area contributed by atoms with Gasteiger partial charge in [0, 0.05) is 0 Å². The average Bonchev–Trinajstić information content (AvgIpc) is 2.78. The average molecular weight is 330 g/mol. The Morgan fingerprint density at radius 2 is 1.81 bits per heavy atom. The van der Waals surface area contributed by atoms with Crippen LogP contribution in [0.15, 0.2) is 61.2 Å². The molecule has 0 aliphatic rings. The van der Waals surface area contributed by atoms with Crippen LogP contribution < -0.4 is 0 Å². The van der Waals surface area contributed by atoms with Gasteiger partial charge in [-0.3, -0.25) is 6.58 Å². The third kappa shape index (κ3) is 7.11. The molecule has 0 N–H and O–H groups in total. The van der Waals surface area contributed by atoms with Crippen LogP contribution in [0.2, 0.25) is 0 Å². The van der Waals surface area contributed by atoms with E-state index in [1.165, 1.54) is 22.9 Å². The van der Waals surface area contributed by atoms with Crippen LogP contribution in [0.25, 0.3) is 10.8 Å². The fourth-order valence-corrected chi connectivity index (χ4v) is 1.07. The normalized spacial score (nSPS) is 7.62. The monoisotopic (exact) mass is 328 g/mol. The number of hydrogen-bond donors (Lipinski definition) is 0. The molecule has 2 rings (SSSR count). The van der Waals surface area contributed by atoms with E-state index in [2.05, 4.69) is 49.0 Å². The van der Waals surface area contributed by atoms with Crippen LogP contribution in [0, 0.1) is 6.58 Å². The fraction of sp³-hybridized carbons (Fsp3) is 0. The SMILES string of the molecule is [CH-]=CC=C.[Cl][Zr+2][Cl].c1ccc2[cH-]ccc2c1. The number of hydrogen-bond acceptors (Lipinski definition) is 0. The molecular weight excluding hydrogens is 318 g/mol. The summed E-state index contributed by atoms with van der Waals surface area (Å²) in [6, 6.07) is 14.7. The minimum atomic E-state index is -0.826. The molecule has 0 saturated carbocycles. The Hall–Kier alpha value is -0.227. The van der Waals surface area contributed by atoms with Crippen molar-refractivity contribution in [3.8, 4) is 0 Å². The summed E-state index contributed by atoms with van der Waals surface area (Å²) >= 11 is -0.826. The second-order valence-corrected chi connectivity index (χ2v) is 6.39. The van der Waals surface area contributed by atoms with Crippen molar-refractivity contribution < 1.29 is 20.8 Å². The quantitative estimate of drug-likeness (QED) is 0.504. The molecule has 0 fully saturated rings. The van der Waals surface area contributed by atoms with E-state index in [4.69, 9.17) is 23.6 Å². The van der Waals surface area contributed by atoms with E-state index in [0.29, 0.717) is 0 Å². The molecule has 0 bridgehead atoms. The molecule has 0 radical (unpaired) electrons. The number of allylic oxidation sites excluding steroid dienone is 2. The van der Waals surface area contributed by atoms with Crippen molar-refractivity contribution in [2.45, 2.75) is 0 Å². The van der Waals surface area contributed by atoms with Crippen molar-refractivity contribution in [3.63, 3.8) is 0 Å². The number of rotatable bonds is 1. The maximum absolute atomic E-state index is 4.93. The largest absolute Gasteiger partial charge is 0.168 e. The first-order valence-electron chi connectivity index (χ1n) is 4.52. The summed E-state index contributed by atoms with van der Waals surface area (Å²) in [5, 5.41) is 2.66. The molecule has 2 aromatic carbocycles. The first kappa shape index (κ1) is 15.8. The van der Waals surface area contributed by atoms with Crippen molar-refractivity contribution in [1.29, 1.82) is 0 Å². The molecule has 0 atom stereocenters. The molecule has 0 aliphatic heterocycles. The van der Waals surface area contributed by atoms with Crippen LogP contribution in [0.1, 0.15) is 0 Å². The first-order valence-corrected chi connectivity index (χ1v) is 10.9. The molecule has 16 heavy (non-hydrogen) atoms. The second-order valence-electron chi connectivity index (χ2n) is 2.65. The molecule has 3 heteroatoms. The molecule has 0 nitrogen and oxygen atoms in total. The topological polar surface area (TPSA) is 0 Å². The summed E-state index contributed by atoms with van der Waals surface area (Å²) in [6.45, 7) is 8.08. The predicted octanol–water partition coefficient (Wildman–Crippen LogP) is 5.10. The van der Waals surface area contributed by atoms with Crippen LogP contribution in [-0.2, 0) is 20.8 Å². The summed E-state index contributed by atoms with van der Waals surface area (Å²) in [6.07, 6.45) is 2.92. The van der Waals surface area contributed by atoms with Crippen molar-refractivity contribution >= 4 is 27.8 Å². The number of fused-ring (bicyclic) bond motifs is 1.